The molecule has 3 nitrogen and oxygen atoms in total. The Kier molecular flexibility index (Phi) is 3.33. The van der Waals surface area contributed by atoms with Crippen LogP contribution in [0.5, 0.6) is 0 Å². The van der Waals surface area contributed by atoms with Crippen molar-refractivity contribution in [1.29, 1.82) is 0 Å². The van der Waals surface area contributed by atoms with Crippen molar-refractivity contribution in [2.75, 3.05) is 19.7 Å². The van der Waals surface area contributed by atoms with Gasteiger partial charge in [0.15, 0.2) is 0 Å². The molecule has 0 spiro atoms. The Labute approximate surface area is 80.9 Å². The van der Waals surface area contributed by atoms with E-state index in [1.807, 2.05) is 6.92 Å². The van der Waals surface area contributed by atoms with Crippen LogP contribution in [0.2, 0.25) is 0 Å². The highest BCUT2D eigenvalue weighted by Crippen LogP contribution is 2.30. The summed E-state index contributed by atoms with van der Waals surface area (Å²) in [5.74, 6) is 0. The first-order valence-electron chi connectivity index (χ1n) is 5.09. The highest BCUT2D eigenvalue weighted by atomic mass is 16.3. The second kappa shape index (κ2) is 3.95. The summed E-state index contributed by atoms with van der Waals surface area (Å²) in [6.45, 7) is 8.68. The highest BCUT2D eigenvalue weighted by molar-refractivity contribution is 4.89. The van der Waals surface area contributed by atoms with Crippen molar-refractivity contribution in [3.63, 3.8) is 0 Å². The Morgan fingerprint density at radius 1 is 1.54 bits per heavy atom. The van der Waals surface area contributed by atoms with Gasteiger partial charge in [-0.15, -0.1) is 0 Å². The van der Waals surface area contributed by atoms with Crippen molar-refractivity contribution in [2.45, 2.75) is 39.3 Å². The molecule has 78 valence electrons. The molecule has 1 heterocycles. The topological polar surface area (TPSA) is 49.5 Å². The first-order valence-corrected chi connectivity index (χ1v) is 5.09. The third-order valence-electron chi connectivity index (χ3n) is 3.31. The number of rotatable bonds is 3. The largest absolute Gasteiger partial charge is 0.396 e. The number of aliphatic hydroxyl groups excluding tert-OH is 1. The lowest BCUT2D eigenvalue weighted by atomic mass is 9.91. The van der Waals surface area contributed by atoms with E-state index >= 15 is 0 Å². The Balaban J connectivity index is 2.49. The van der Waals surface area contributed by atoms with Gasteiger partial charge < -0.3 is 10.8 Å². The number of aliphatic hydroxyl groups is 1. The van der Waals surface area contributed by atoms with Crippen molar-refractivity contribution < 1.29 is 5.11 Å². The molecule has 0 bridgehead atoms. The van der Waals surface area contributed by atoms with Crippen LogP contribution in [0.4, 0.5) is 0 Å². The number of hydrogen-bond acceptors (Lipinski definition) is 3. The standard InChI is InChI=1S/C10H22N2O/c1-8(11)9(2)12-5-4-10(3,6-12)7-13/h8-9,13H,4-7,11H2,1-3H3. The third-order valence-corrected chi connectivity index (χ3v) is 3.31. The summed E-state index contributed by atoms with van der Waals surface area (Å²) in [7, 11) is 0. The molecule has 1 aliphatic heterocycles. The van der Waals surface area contributed by atoms with Gasteiger partial charge in [-0.05, 0) is 26.8 Å². The molecule has 0 saturated carbocycles. The smallest absolute Gasteiger partial charge is 0.0497 e. The number of nitrogens with zero attached hydrogens (tertiary/aromatic N) is 1. The van der Waals surface area contributed by atoms with Crippen LogP contribution in [0.1, 0.15) is 27.2 Å². The third kappa shape index (κ3) is 2.42. The van der Waals surface area contributed by atoms with E-state index in [-0.39, 0.29) is 18.1 Å². The van der Waals surface area contributed by atoms with E-state index in [2.05, 4.69) is 18.7 Å². The predicted octanol–water partition coefficient (Wildman–Crippen LogP) is 0.426. The van der Waals surface area contributed by atoms with Crippen molar-refractivity contribution >= 4 is 0 Å². The lowest BCUT2D eigenvalue weighted by molar-refractivity contribution is 0.132. The summed E-state index contributed by atoms with van der Waals surface area (Å²) >= 11 is 0. The Morgan fingerprint density at radius 3 is 2.54 bits per heavy atom. The van der Waals surface area contributed by atoms with Crippen LogP contribution in [-0.4, -0.2) is 41.8 Å². The summed E-state index contributed by atoms with van der Waals surface area (Å²) in [6.07, 6.45) is 1.08. The van der Waals surface area contributed by atoms with E-state index in [0.717, 1.165) is 19.5 Å². The zero-order valence-electron chi connectivity index (χ0n) is 8.95. The van der Waals surface area contributed by atoms with E-state index in [9.17, 15) is 5.11 Å². The van der Waals surface area contributed by atoms with Crippen LogP contribution in [0.3, 0.4) is 0 Å². The molecule has 1 fully saturated rings. The highest BCUT2D eigenvalue weighted by Gasteiger charge is 2.35. The molecule has 1 rings (SSSR count). The zero-order chi connectivity index (χ0) is 10.1. The normalized spacial score (nSPS) is 34.8. The molecular formula is C10H22N2O. The molecule has 0 aromatic carbocycles. The summed E-state index contributed by atoms with van der Waals surface area (Å²) < 4.78 is 0. The summed E-state index contributed by atoms with van der Waals surface area (Å²) in [6, 6.07) is 0.634. The average molecular weight is 186 g/mol. The summed E-state index contributed by atoms with van der Waals surface area (Å²) in [4.78, 5) is 2.38. The van der Waals surface area contributed by atoms with E-state index in [1.165, 1.54) is 0 Å². The summed E-state index contributed by atoms with van der Waals surface area (Å²) in [5.41, 5.74) is 5.94. The van der Waals surface area contributed by atoms with Crippen LogP contribution in [0.15, 0.2) is 0 Å². The number of nitrogens with two attached hydrogens (primary N) is 1. The molecule has 0 aromatic heterocycles. The van der Waals surface area contributed by atoms with E-state index in [4.69, 9.17) is 5.73 Å². The molecule has 3 heteroatoms. The minimum absolute atomic E-state index is 0.100. The van der Waals surface area contributed by atoms with E-state index < -0.39 is 0 Å². The number of hydrogen-bond donors (Lipinski definition) is 2. The van der Waals surface area contributed by atoms with Gasteiger partial charge in [-0.2, -0.15) is 0 Å². The maximum atomic E-state index is 9.21. The molecule has 0 aromatic rings. The van der Waals surface area contributed by atoms with Gasteiger partial charge in [0, 0.05) is 30.7 Å². The van der Waals surface area contributed by atoms with Crippen LogP contribution >= 0.6 is 0 Å². The van der Waals surface area contributed by atoms with Gasteiger partial charge >= 0.3 is 0 Å². The van der Waals surface area contributed by atoms with Gasteiger partial charge in [-0.3, -0.25) is 4.90 Å². The lowest BCUT2D eigenvalue weighted by Crippen LogP contribution is -2.44. The molecule has 1 aliphatic rings. The summed E-state index contributed by atoms with van der Waals surface area (Å²) in [5, 5.41) is 9.21. The van der Waals surface area contributed by atoms with Gasteiger partial charge in [0.25, 0.3) is 0 Å². The van der Waals surface area contributed by atoms with E-state index in [0.29, 0.717) is 6.04 Å². The Hall–Kier alpha value is -0.120. The molecule has 0 amide bonds. The molecule has 3 atom stereocenters. The van der Waals surface area contributed by atoms with Gasteiger partial charge in [0.1, 0.15) is 0 Å². The molecule has 0 radical (unpaired) electrons. The first-order chi connectivity index (χ1) is 5.98. The monoisotopic (exact) mass is 186 g/mol. The first kappa shape index (κ1) is 11.0. The van der Waals surface area contributed by atoms with Crippen molar-refractivity contribution in [3.8, 4) is 0 Å². The maximum Gasteiger partial charge on any atom is 0.0497 e. The Morgan fingerprint density at radius 2 is 2.15 bits per heavy atom. The van der Waals surface area contributed by atoms with Crippen LogP contribution in [-0.2, 0) is 0 Å². The van der Waals surface area contributed by atoms with Crippen LogP contribution in [0, 0.1) is 5.41 Å². The van der Waals surface area contributed by atoms with Crippen molar-refractivity contribution in [3.05, 3.63) is 0 Å². The quantitative estimate of drug-likeness (QED) is 0.672. The average Bonchev–Trinajstić information content (AvgIpc) is 2.47. The molecule has 3 N–H and O–H groups in total. The maximum absolute atomic E-state index is 9.21. The van der Waals surface area contributed by atoms with Gasteiger partial charge in [-0.25, -0.2) is 0 Å². The van der Waals surface area contributed by atoms with Gasteiger partial charge in [-0.1, -0.05) is 6.92 Å². The van der Waals surface area contributed by atoms with Crippen LogP contribution in [0.25, 0.3) is 0 Å². The minimum Gasteiger partial charge on any atom is -0.396 e. The molecule has 13 heavy (non-hydrogen) atoms. The van der Waals surface area contributed by atoms with Gasteiger partial charge in [0.05, 0.1) is 0 Å². The predicted molar refractivity (Wildman–Crippen MR) is 54.5 cm³/mol. The fourth-order valence-corrected chi connectivity index (χ4v) is 1.87. The molecule has 1 saturated heterocycles. The van der Waals surface area contributed by atoms with Crippen molar-refractivity contribution in [1.82, 2.24) is 4.90 Å². The zero-order valence-corrected chi connectivity index (χ0v) is 8.95. The molecule has 3 unspecified atom stereocenters. The minimum atomic E-state index is 0.100. The number of likely N-dealkylation sites (tertiary alicyclic amines) is 1. The van der Waals surface area contributed by atoms with Crippen molar-refractivity contribution in [2.24, 2.45) is 11.1 Å². The molecular weight excluding hydrogens is 164 g/mol. The van der Waals surface area contributed by atoms with E-state index in [1.54, 1.807) is 0 Å². The molecule has 0 aliphatic carbocycles. The van der Waals surface area contributed by atoms with Crippen LogP contribution < -0.4 is 5.73 Å². The second-order valence-corrected chi connectivity index (χ2v) is 4.79. The lowest BCUT2D eigenvalue weighted by Gasteiger charge is -2.29. The SMILES string of the molecule is CC(N)C(C)N1CCC(C)(CO)C1. The Bertz CT molecular complexity index is 172. The fraction of sp³-hybridized carbons (Fsp3) is 1.00. The second-order valence-electron chi connectivity index (χ2n) is 4.79. The fourth-order valence-electron chi connectivity index (χ4n) is 1.87. The van der Waals surface area contributed by atoms with Gasteiger partial charge in [0.2, 0.25) is 0 Å².